The number of allylic oxidation sites excluding steroid dienone is 2. The number of hydrogen-bond acceptors (Lipinski definition) is 5. The van der Waals surface area contributed by atoms with Gasteiger partial charge in [0, 0.05) is 24.2 Å². The van der Waals surface area contributed by atoms with Crippen molar-refractivity contribution in [2.45, 2.75) is 18.6 Å². The Morgan fingerprint density at radius 3 is 3.17 bits per heavy atom. The minimum Gasteiger partial charge on any atom is -0.464 e. The Morgan fingerprint density at radius 1 is 1.56 bits per heavy atom. The number of esters is 1. The maximum absolute atomic E-state index is 11.8. The molecule has 18 heavy (non-hydrogen) atoms. The van der Waals surface area contributed by atoms with Crippen molar-refractivity contribution in [3.8, 4) is 0 Å². The quantitative estimate of drug-likeness (QED) is 0.647. The Morgan fingerprint density at radius 2 is 2.39 bits per heavy atom. The van der Waals surface area contributed by atoms with Crippen molar-refractivity contribution in [2.24, 2.45) is 9.98 Å². The van der Waals surface area contributed by atoms with Crippen LogP contribution in [0.25, 0.3) is 0 Å². The summed E-state index contributed by atoms with van der Waals surface area (Å²) in [4.78, 5) is 22.5. The Bertz CT molecular complexity index is 557. The van der Waals surface area contributed by atoms with Crippen molar-refractivity contribution in [1.82, 2.24) is 4.90 Å². The molecule has 0 saturated carbocycles. The van der Waals surface area contributed by atoms with E-state index in [2.05, 4.69) is 9.98 Å². The van der Waals surface area contributed by atoms with Gasteiger partial charge >= 0.3 is 5.97 Å². The van der Waals surface area contributed by atoms with Crippen LogP contribution in [-0.4, -0.2) is 41.6 Å². The summed E-state index contributed by atoms with van der Waals surface area (Å²) in [5, 5.41) is 0. The van der Waals surface area contributed by atoms with Crippen LogP contribution in [0.1, 0.15) is 6.92 Å². The first-order valence-corrected chi connectivity index (χ1v) is 5.75. The zero-order chi connectivity index (χ0) is 12.8. The molecule has 0 radical (unpaired) electrons. The molecule has 3 rings (SSSR count). The van der Waals surface area contributed by atoms with Crippen molar-refractivity contribution >= 4 is 17.9 Å². The van der Waals surface area contributed by atoms with Gasteiger partial charge in [-0.05, 0) is 19.1 Å². The molecule has 5 heteroatoms. The van der Waals surface area contributed by atoms with Crippen molar-refractivity contribution in [3.05, 3.63) is 36.2 Å². The minimum absolute atomic E-state index is 0.117. The van der Waals surface area contributed by atoms with E-state index in [-0.39, 0.29) is 12.0 Å². The molecule has 2 unspecified atom stereocenters. The van der Waals surface area contributed by atoms with Gasteiger partial charge in [-0.15, -0.1) is 0 Å². The van der Waals surface area contributed by atoms with Gasteiger partial charge < -0.3 is 9.64 Å². The molecule has 0 aromatic rings. The van der Waals surface area contributed by atoms with Gasteiger partial charge in [0.2, 0.25) is 0 Å². The third kappa shape index (κ3) is 1.24. The second-order valence-electron chi connectivity index (χ2n) is 4.36. The molecule has 1 spiro atoms. The van der Waals surface area contributed by atoms with E-state index in [0.29, 0.717) is 5.71 Å². The van der Waals surface area contributed by atoms with Crippen molar-refractivity contribution < 1.29 is 9.53 Å². The number of nitrogens with zero attached hydrogens (tertiary/aromatic N) is 3. The first-order chi connectivity index (χ1) is 8.69. The van der Waals surface area contributed by atoms with E-state index < -0.39 is 5.66 Å². The average molecular weight is 243 g/mol. The fourth-order valence-electron chi connectivity index (χ4n) is 2.53. The van der Waals surface area contributed by atoms with Gasteiger partial charge in [0.15, 0.2) is 5.66 Å². The SMILES string of the molecule is COC(=O)C1=NC23C=CN=CC2=CC=CN3C1C. The van der Waals surface area contributed by atoms with Crippen molar-refractivity contribution in [1.29, 1.82) is 0 Å². The predicted molar refractivity (Wildman–Crippen MR) is 68.3 cm³/mol. The Hall–Kier alpha value is -2.17. The van der Waals surface area contributed by atoms with Crippen LogP contribution >= 0.6 is 0 Å². The molecule has 2 atom stereocenters. The zero-order valence-electron chi connectivity index (χ0n) is 10.2. The third-order valence-electron chi connectivity index (χ3n) is 3.45. The van der Waals surface area contributed by atoms with Crippen LogP contribution < -0.4 is 0 Å². The predicted octanol–water partition coefficient (Wildman–Crippen LogP) is 1.05. The second-order valence-corrected chi connectivity index (χ2v) is 4.36. The summed E-state index contributed by atoms with van der Waals surface area (Å²) < 4.78 is 4.79. The van der Waals surface area contributed by atoms with Crippen LogP contribution in [0, 0.1) is 0 Å². The number of ether oxygens (including phenoxy) is 1. The molecule has 0 aliphatic carbocycles. The number of methoxy groups -OCH3 is 1. The van der Waals surface area contributed by atoms with Gasteiger partial charge in [-0.2, -0.15) is 0 Å². The molecule has 3 aliphatic rings. The largest absolute Gasteiger partial charge is 0.464 e. The number of carbonyl (C=O) groups is 1. The summed E-state index contributed by atoms with van der Waals surface area (Å²) in [6.45, 7) is 1.94. The monoisotopic (exact) mass is 243 g/mol. The smallest absolute Gasteiger partial charge is 0.354 e. The maximum atomic E-state index is 11.8. The lowest BCUT2D eigenvalue weighted by atomic mass is 9.95. The molecule has 0 fully saturated rings. The van der Waals surface area contributed by atoms with Gasteiger partial charge in [0.1, 0.15) is 5.71 Å². The van der Waals surface area contributed by atoms with E-state index in [1.807, 2.05) is 36.3 Å². The lowest BCUT2D eigenvalue weighted by Gasteiger charge is -2.39. The van der Waals surface area contributed by atoms with E-state index in [1.165, 1.54) is 7.11 Å². The fraction of sp³-hybridized carbons (Fsp3) is 0.308. The highest BCUT2D eigenvalue weighted by atomic mass is 16.5. The first kappa shape index (κ1) is 11.0. The van der Waals surface area contributed by atoms with Gasteiger partial charge in [-0.3, -0.25) is 4.99 Å². The standard InChI is InChI=1S/C13H13N3O2/c1-9-11(12(17)18-2)15-13-5-6-14-8-10(13)4-3-7-16(9)13/h3-9H,1-2H3. The van der Waals surface area contributed by atoms with E-state index in [1.54, 1.807) is 12.4 Å². The van der Waals surface area contributed by atoms with Crippen LogP contribution in [0.5, 0.6) is 0 Å². The third-order valence-corrected chi connectivity index (χ3v) is 3.45. The molecule has 0 bridgehead atoms. The van der Waals surface area contributed by atoms with Crippen LogP contribution in [0.15, 0.2) is 46.2 Å². The Labute approximate surface area is 105 Å². The maximum Gasteiger partial charge on any atom is 0.354 e. The highest BCUT2D eigenvalue weighted by Crippen LogP contribution is 2.39. The molecule has 3 aliphatic heterocycles. The highest BCUT2D eigenvalue weighted by molar-refractivity contribution is 6.39. The molecule has 5 nitrogen and oxygen atoms in total. The number of rotatable bonds is 1. The molecule has 0 saturated heterocycles. The average Bonchev–Trinajstić information content (AvgIpc) is 2.70. The molecular formula is C13H13N3O2. The van der Waals surface area contributed by atoms with Crippen molar-refractivity contribution in [2.75, 3.05) is 7.11 Å². The molecule has 3 heterocycles. The Kier molecular flexibility index (Phi) is 2.23. The second kappa shape index (κ2) is 3.66. The van der Waals surface area contributed by atoms with Crippen LogP contribution in [0.2, 0.25) is 0 Å². The summed E-state index contributed by atoms with van der Waals surface area (Å²) >= 11 is 0. The number of hydrogen-bond donors (Lipinski definition) is 0. The first-order valence-electron chi connectivity index (χ1n) is 5.75. The minimum atomic E-state index is -0.626. The summed E-state index contributed by atoms with van der Waals surface area (Å²) in [7, 11) is 1.37. The molecular weight excluding hydrogens is 230 g/mol. The molecule has 92 valence electrons. The van der Waals surface area contributed by atoms with Gasteiger partial charge in [0.05, 0.1) is 13.2 Å². The van der Waals surface area contributed by atoms with E-state index in [9.17, 15) is 4.79 Å². The van der Waals surface area contributed by atoms with Crippen LogP contribution in [-0.2, 0) is 9.53 Å². The fourth-order valence-corrected chi connectivity index (χ4v) is 2.53. The topological polar surface area (TPSA) is 54.3 Å². The van der Waals surface area contributed by atoms with Crippen LogP contribution in [0.4, 0.5) is 0 Å². The lowest BCUT2D eigenvalue weighted by molar-refractivity contribution is -0.132. The number of carbonyl (C=O) groups excluding carboxylic acids is 1. The van der Waals surface area contributed by atoms with Gasteiger partial charge in [-0.25, -0.2) is 9.79 Å². The lowest BCUT2D eigenvalue weighted by Crippen LogP contribution is -2.47. The highest BCUT2D eigenvalue weighted by Gasteiger charge is 2.48. The normalized spacial score (nSPS) is 31.7. The molecule has 0 aromatic carbocycles. The van der Waals surface area contributed by atoms with Crippen LogP contribution in [0.3, 0.4) is 0 Å². The summed E-state index contributed by atoms with van der Waals surface area (Å²) in [5.74, 6) is -0.380. The summed E-state index contributed by atoms with van der Waals surface area (Å²) in [6.07, 6.45) is 11.2. The van der Waals surface area contributed by atoms with Gasteiger partial charge in [0.25, 0.3) is 0 Å². The van der Waals surface area contributed by atoms with E-state index in [0.717, 1.165) is 5.57 Å². The molecule has 0 amide bonds. The molecule has 0 aromatic heterocycles. The zero-order valence-corrected chi connectivity index (χ0v) is 10.2. The Balaban J connectivity index is 2.13. The summed E-state index contributed by atoms with van der Waals surface area (Å²) in [5.41, 5.74) is 0.771. The van der Waals surface area contributed by atoms with Crippen molar-refractivity contribution in [3.63, 3.8) is 0 Å². The van der Waals surface area contributed by atoms with E-state index in [4.69, 9.17) is 4.74 Å². The summed E-state index contributed by atoms with van der Waals surface area (Å²) in [6, 6.07) is -0.117. The van der Waals surface area contributed by atoms with Gasteiger partial charge in [-0.1, -0.05) is 6.08 Å². The van der Waals surface area contributed by atoms with E-state index >= 15 is 0 Å². The molecule has 0 N–H and O–H groups in total. The number of aliphatic imine (C=N–C) groups is 2.